The SMILES string of the molecule is CCCCCC(=O)NNC(=O)c1ccc(OCc2ccccc2)cc1. The smallest absolute Gasteiger partial charge is 0.269 e. The molecule has 0 heterocycles. The van der Waals surface area contributed by atoms with E-state index in [1.54, 1.807) is 24.3 Å². The standard InChI is InChI=1S/C20H24N2O3/c1-2-3-5-10-19(23)21-22-20(24)17-11-13-18(14-12-17)25-15-16-8-6-4-7-9-16/h4,6-9,11-14H,2-3,5,10,15H2,1H3,(H,21,23)(H,22,24). The van der Waals surface area contributed by atoms with Crippen molar-refractivity contribution in [1.82, 2.24) is 10.9 Å². The highest BCUT2D eigenvalue weighted by Crippen LogP contribution is 2.14. The Hall–Kier alpha value is -2.82. The summed E-state index contributed by atoms with van der Waals surface area (Å²) in [5.41, 5.74) is 6.39. The van der Waals surface area contributed by atoms with Crippen molar-refractivity contribution in [3.63, 3.8) is 0 Å². The van der Waals surface area contributed by atoms with E-state index in [0.29, 0.717) is 24.3 Å². The van der Waals surface area contributed by atoms with Crippen molar-refractivity contribution in [3.8, 4) is 5.75 Å². The van der Waals surface area contributed by atoms with E-state index in [0.717, 1.165) is 24.8 Å². The number of amides is 2. The molecule has 0 unspecified atom stereocenters. The quantitative estimate of drug-likeness (QED) is 0.570. The third-order valence-corrected chi connectivity index (χ3v) is 3.69. The highest BCUT2D eigenvalue weighted by atomic mass is 16.5. The van der Waals surface area contributed by atoms with Crippen molar-refractivity contribution in [2.24, 2.45) is 0 Å². The largest absolute Gasteiger partial charge is 0.489 e. The number of carbonyl (C=O) groups excluding carboxylic acids is 2. The Morgan fingerprint density at radius 3 is 2.32 bits per heavy atom. The third kappa shape index (κ3) is 6.67. The van der Waals surface area contributed by atoms with Gasteiger partial charge < -0.3 is 4.74 Å². The normalized spacial score (nSPS) is 10.1. The lowest BCUT2D eigenvalue weighted by Crippen LogP contribution is -2.41. The van der Waals surface area contributed by atoms with Crippen LogP contribution in [0.15, 0.2) is 54.6 Å². The van der Waals surface area contributed by atoms with E-state index in [2.05, 4.69) is 17.8 Å². The van der Waals surface area contributed by atoms with Gasteiger partial charge in [0, 0.05) is 12.0 Å². The van der Waals surface area contributed by atoms with Crippen molar-refractivity contribution in [2.75, 3.05) is 0 Å². The van der Waals surface area contributed by atoms with Crippen LogP contribution in [0.1, 0.15) is 48.5 Å². The lowest BCUT2D eigenvalue weighted by atomic mass is 10.2. The monoisotopic (exact) mass is 340 g/mol. The fourth-order valence-electron chi connectivity index (χ4n) is 2.24. The molecule has 132 valence electrons. The average molecular weight is 340 g/mol. The van der Waals surface area contributed by atoms with Gasteiger partial charge in [-0.3, -0.25) is 20.4 Å². The number of ether oxygens (including phenoxy) is 1. The molecule has 0 aliphatic heterocycles. The van der Waals surface area contributed by atoms with Crippen LogP contribution in [0.25, 0.3) is 0 Å². The Kier molecular flexibility index (Phi) is 7.50. The fourth-order valence-corrected chi connectivity index (χ4v) is 2.24. The van der Waals surface area contributed by atoms with Crippen LogP contribution in [0.2, 0.25) is 0 Å². The number of carbonyl (C=O) groups is 2. The minimum atomic E-state index is -0.349. The summed E-state index contributed by atoms with van der Waals surface area (Å²) in [4.78, 5) is 23.6. The van der Waals surface area contributed by atoms with Crippen molar-refractivity contribution in [2.45, 2.75) is 39.2 Å². The van der Waals surface area contributed by atoms with Crippen molar-refractivity contribution < 1.29 is 14.3 Å². The number of hydrogen-bond acceptors (Lipinski definition) is 3. The summed E-state index contributed by atoms with van der Waals surface area (Å²) in [7, 11) is 0. The van der Waals surface area contributed by atoms with E-state index in [1.165, 1.54) is 0 Å². The minimum Gasteiger partial charge on any atom is -0.489 e. The van der Waals surface area contributed by atoms with Gasteiger partial charge >= 0.3 is 0 Å². The molecule has 0 aliphatic carbocycles. The summed E-state index contributed by atoms with van der Waals surface area (Å²) >= 11 is 0. The van der Waals surface area contributed by atoms with E-state index in [4.69, 9.17) is 4.74 Å². The number of hydrogen-bond donors (Lipinski definition) is 2. The Labute approximate surface area is 148 Å². The predicted molar refractivity (Wildman–Crippen MR) is 97.0 cm³/mol. The van der Waals surface area contributed by atoms with Crippen LogP contribution in [0.3, 0.4) is 0 Å². The van der Waals surface area contributed by atoms with Gasteiger partial charge in [-0.15, -0.1) is 0 Å². The maximum Gasteiger partial charge on any atom is 0.269 e. The fraction of sp³-hybridized carbons (Fsp3) is 0.300. The lowest BCUT2D eigenvalue weighted by molar-refractivity contribution is -0.121. The van der Waals surface area contributed by atoms with Gasteiger partial charge in [-0.1, -0.05) is 50.1 Å². The molecule has 0 bridgehead atoms. The van der Waals surface area contributed by atoms with Gasteiger partial charge in [0.25, 0.3) is 5.91 Å². The van der Waals surface area contributed by atoms with Crippen LogP contribution in [0.5, 0.6) is 5.75 Å². The van der Waals surface area contributed by atoms with Gasteiger partial charge in [0.1, 0.15) is 12.4 Å². The molecule has 25 heavy (non-hydrogen) atoms. The van der Waals surface area contributed by atoms with E-state index < -0.39 is 0 Å². The van der Waals surface area contributed by atoms with Gasteiger partial charge in [-0.05, 0) is 36.2 Å². The maximum absolute atomic E-state index is 12.0. The molecule has 2 aromatic carbocycles. The Morgan fingerprint density at radius 2 is 1.64 bits per heavy atom. The van der Waals surface area contributed by atoms with Crippen LogP contribution < -0.4 is 15.6 Å². The molecule has 0 saturated heterocycles. The summed E-state index contributed by atoms with van der Waals surface area (Å²) in [6.07, 6.45) is 3.30. The Balaban J connectivity index is 1.76. The van der Waals surface area contributed by atoms with E-state index >= 15 is 0 Å². The van der Waals surface area contributed by atoms with Crippen LogP contribution in [-0.2, 0) is 11.4 Å². The molecule has 5 nitrogen and oxygen atoms in total. The summed E-state index contributed by atoms with van der Waals surface area (Å²) in [6, 6.07) is 16.7. The molecule has 2 N–H and O–H groups in total. The molecule has 2 amide bonds. The van der Waals surface area contributed by atoms with Gasteiger partial charge in [0.15, 0.2) is 0 Å². The van der Waals surface area contributed by atoms with Crippen LogP contribution in [0, 0.1) is 0 Å². The Morgan fingerprint density at radius 1 is 0.920 bits per heavy atom. The number of benzene rings is 2. The molecule has 0 spiro atoms. The summed E-state index contributed by atoms with van der Waals surface area (Å²) < 4.78 is 5.68. The first-order valence-corrected chi connectivity index (χ1v) is 8.55. The molecule has 5 heteroatoms. The first kappa shape index (κ1) is 18.5. The van der Waals surface area contributed by atoms with E-state index in [1.807, 2.05) is 30.3 Å². The number of hydrazine groups is 1. The molecule has 0 atom stereocenters. The second-order valence-electron chi connectivity index (χ2n) is 5.76. The maximum atomic E-state index is 12.0. The molecule has 2 rings (SSSR count). The summed E-state index contributed by atoms with van der Waals surface area (Å²) in [6.45, 7) is 2.55. The van der Waals surface area contributed by atoms with Crippen molar-refractivity contribution in [3.05, 3.63) is 65.7 Å². The highest BCUT2D eigenvalue weighted by molar-refractivity contribution is 5.95. The van der Waals surface area contributed by atoms with Crippen LogP contribution in [-0.4, -0.2) is 11.8 Å². The Bertz CT molecular complexity index is 669. The molecule has 0 fully saturated rings. The zero-order valence-electron chi connectivity index (χ0n) is 14.5. The molecule has 0 radical (unpaired) electrons. The molecular formula is C20H24N2O3. The van der Waals surface area contributed by atoms with Gasteiger partial charge in [-0.25, -0.2) is 0 Å². The average Bonchev–Trinajstić information content (AvgIpc) is 2.66. The summed E-state index contributed by atoms with van der Waals surface area (Å²) in [5, 5.41) is 0. The van der Waals surface area contributed by atoms with Gasteiger partial charge in [0.2, 0.25) is 5.91 Å². The first-order chi connectivity index (χ1) is 12.2. The topological polar surface area (TPSA) is 67.4 Å². The molecular weight excluding hydrogens is 316 g/mol. The second-order valence-corrected chi connectivity index (χ2v) is 5.76. The second kappa shape index (κ2) is 10.1. The number of rotatable bonds is 8. The predicted octanol–water partition coefficient (Wildman–Crippen LogP) is 3.61. The van der Waals surface area contributed by atoms with Gasteiger partial charge in [0.05, 0.1) is 0 Å². The molecule has 0 saturated carbocycles. The third-order valence-electron chi connectivity index (χ3n) is 3.69. The zero-order chi connectivity index (χ0) is 17.9. The van der Waals surface area contributed by atoms with Crippen LogP contribution in [0.4, 0.5) is 0 Å². The number of unbranched alkanes of at least 4 members (excludes halogenated alkanes) is 2. The molecule has 0 aromatic heterocycles. The highest BCUT2D eigenvalue weighted by Gasteiger charge is 2.07. The number of nitrogens with one attached hydrogen (secondary N) is 2. The first-order valence-electron chi connectivity index (χ1n) is 8.55. The van der Waals surface area contributed by atoms with Gasteiger partial charge in [-0.2, -0.15) is 0 Å². The molecule has 2 aromatic rings. The van der Waals surface area contributed by atoms with E-state index in [9.17, 15) is 9.59 Å². The van der Waals surface area contributed by atoms with Crippen molar-refractivity contribution in [1.29, 1.82) is 0 Å². The van der Waals surface area contributed by atoms with Crippen LogP contribution >= 0.6 is 0 Å². The lowest BCUT2D eigenvalue weighted by Gasteiger charge is -2.09. The minimum absolute atomic E-state index is 0.176. The molecule has 0 aliphatic rings. The van der Waals surface area contributed by atoms with Crippen molar-refractivity contribution >= 4 is 11.8 Å². The zero-order valence-corrected chi connectivity index (χ0v) is 14.5. The summed E-state index contributed by atoms with van der Waals surface area (Å²) in [5.74, 6) is 0.159. The van der Waals surface area contributed by atoms with E-state index in [-0.39, 0.29) is 11.8 Å².